The van der Waals surface area contributed by atoms with E-state index < -0.39 is 0 Å². The van der Waals surface area contributed by atoms with Gasteiger partial charge < -0.3 is 9.47 Å². The van der Waals surface area contributed by atoms with Gasteiger partial charge in [-0.3, -0.25) is 0 Å². The molecule has 0 N–H and O–H groups in total. The van der Waals surface area contributed by atoms with Crippen LogP contribution in [0.5, 0.6) is 0 Å². The molecule has 0 fully saturated rings. The van der Waals surface area contributed by atoms with Gasteiger partial charge in [0.2, 0.25) is 0 Å². The summed E-state index contributed by atoms with van der Waals surface area (Å²) in [6, 6.07) is 8.57. The fourth-order valence-corrected chi connectivity index (χ4v) is 2.27. The zero-order valence-corrected chi connectivity index (χ0v) is 12.2. The second-order valence-electron chi connectivity index (χ2n) is 5.74. The van der Waals surface area contributed by atoms with Crippen LogP contribution in [-0.4, -0.2) is 23.1 Å². The smallest absolute Gasteiger partial charge is 0.106 e. The maximum Gasteiger partial charge on any atom is 0.106 e. The molecule has 0 atom stereocenters. The number of rotatable bonds is 3. The number of nitriles is 1. The summed E-state index contributed by atoms with van der Waals surface area (Å²) >= 11 is 0. The van der Waals surface area contributed by atoms with Crippen molar-refractivity contribution in [1.82, 2.24) is 9.55 Å². The minimum Gasteiger partial charge on any atom is -0.373 e. The van der Waals surface area contributed by atoms with Crippen molar-refractivity contribution in [3.05, 3.63) is 24.0 Å². The number of nitrogens with zero attached hydrogens (tertiary/aromatic N) is 4. The van der Waals surface area contributed by atoms with Crippen molar-refractivity contribution < 1.29 is 0 Å². The molecule has 0 aliphatic heterocycles. The quantitative estimate of drug-likeness (QED) is 0.848. The van der Waals surface area contributed by atoms with Gasteiger partial charge in [0.25, 0.3) is 0 Å². The molecule has 100 valence electrons. The Kier molecular flexibility index (Phi) is 3.23. The van der Waals surface area contributed by atoms with E-state index in [2.05, 4.69) is 38.7 Å². The highest BCUT2D eigenvalue weighted by Crippen LogP contribution is 2.24. The van der Waals surface area contributed by atoms with Gasteiger partial charge in [0.05, 0.1) is 22.5 Å². The van der Waals surface area contributed by atoms with Crippen LogP contribution in [0, 0.1) is 23.7 Å². The van der Waals surface area contributed by atoms with Crippen LogP contribution in [0.25, 0.3) is 11.0 Å². The van der Waals surface area contributed by atoms with Crippen LogP contribution in [0.2, 0.25) is 0 Å². The Balaban J connectivity index is 2.34. The molecule has 19 heavy (non-hydrogen) atoms. The van der Waals surface area contributed by atoms with E-state index in [1.807, 2.05) is 34.9 Å². The fourth-order valence-electron chi connectivity index (χ4n) is 2.27. The molecule has 4 nitrogen and oxygen atoms in total. The highest BCUT2D eigenvalue weighted by Gasteiger charge is 2.19. The van der Waals surface area contributed by atoms with E-state index in [0.717, 1.165) is 22.5 Å². The molecule has 1 aromatic carbocycles. The predicted octanol–water partition coefficient (Wildman–Crippen LogP) is 2.87. The molecular weight excluding hydrogens is 236 g/mol. The second-order valence-corrected chi connectivity index (χ2v) is 5.74. The number of aromatic nitrogens is 2. The van der Waals surface area contributed by atoms with Gasteiger partial charge in [-0.25, -0.2) is 4.98 Å². The lowest BCUT2D eigenvalue weighted by Crippen LogP contribution is -2.30. The Morgan fingerprint density at radius 2 is 2.11 bits per heavy atom. The van der Waals surface area contributed by atoms with Gasteiger partial charge in [-0.05, 0) is 39.0 Å². The first kappa shape index (κ1) is 13.4. The highest BCUT2D eigenvalue weighted by atomic mass is 15.1. The molecule has 2 aromatic rings. The van der Waals surface area contributed by atoms with Crippen molar-refractivity contribution >= 4 is 16.7 Å². The molecule has 0 unspecified atom stereocenters. The molecule has 2 rings (SSSR count). The molecule has 0 aliphatic carbocycles. The van der Waals surface area contributed by atoms with Crippen molar-refractivity contribution in [1.29, 1.82) is 5.26 Å². The fraction of sp³-hybridized carbons (Fsp3) is 0.467. The van der Waals surface area contributed by atoms with Crippen LogP contribution in [0.15, 0.2) is 18.2 Å². The van der Waals surface area contributed by atoms with Gasteiger partial charge in [-0.1, -0.05) is 0 Å². The SMILES string of the molecule is Cc1nc2cc(N(C)CC(C)(C)C#N)ccc2n1C. The number of imidazole rings is 1. The molecule has 0 saturated heterocycles. The van der Waals surface area contributed by atoms with Crippen LogP contribution in [0.3, 0.4) is 0 Å². The van der Waals surface area contributed by atoms with Crippen molar-refractivity contribution in [2.75, 3.05) is 18.5 Å². The van der Waals surface area contributed by atoms with Crippen molar-refractivity contribution in [3.63, 3.8) is 0 Å². The van der Waals surface area contributed by atoms with Gasteiger partial charge in [0.15, 0.2) is 0 Å². The summed E-state index contributed by atoms with van der Waals surface area (Å²) in [7, 11) is 4.03. The number of hydrogen-bond donors (Lipinski definition) is 0. The Morgan fingerprint density at radius 1 is 1.42 bits per heavy atom. The predicted molar refractivity (Wildman–Crippen MR) is 78.1 cm³/mol. The van der Waals surface area contributed by atoms with E-state index in [9.17, 15) is 0 Å². The van der Waals surface area contributed by atoms with E-state index >= 15 is 0 Å². The summed E-state index contributed by atoms with van der Waals surface area (Å²) in [5.41, 5.74) is 2.87. The van der Waals surface area contributed by atoms with Crippen LogP contribution in [-0.2, 0) is 7.05 Å². The number of hydrogen-bond acceptors (Lipinski definition) is 3. The standard InChI is InChI=1S/C15H20N4/c1-11-17-13-8-12(6-7-14(13)19(11)5)18(4)10-15(2,3)9-16/h6-8H,10H2,1-5H3. The second kappa shape index (κ2) is 4.58. The molecule has 0 aliphatic rings. The third-order valence-corrected chi connectivity index (χ3v) is 3.46. The van der Waals surface area contributed by atoms with Crippen molar-refractivity contribution in [2.24, 2.45) is 12.5 Å². The minimum absolute atomic E-state index is 0.357. The summed E-state index contributed by atoms with van der Waals surface area (Å²) in [4.78, 5) is 6.65. The van der Waals surface area contributed by atoms with Crippen LogP contribution in [0.1, 0.15) is 19.7 Å². The zero-order valence-electron chi connectivity index (χ0n) is 12.2. The van der Waals surface area contributed by atoms with E-state index in [0.29, 0.717) is 6.54 Å². The number of aryl methyl sites for hydroxylation is 2. The third-order valence-electron chi connectivity index (χ3n) is 3.46. The maximum absolute atomic E-state index is 9.11. The normalized spacial score (nSPS) is 11.6. The molecule has 0 saturated carbocycles. The lowest BCUT2D eigenvalue weighted by Gasteiger charge is -2.26. The summed E-state index contributed by atoms with van der Waals surface area (Å²) < 4.78 is 2.08. The first-order valence-electron chi connectivity index (χ1n) is 6.39. The molecule has 1 aromatic heterocycles. The van der Waals surface area contributed by atoms with Gasteiger partial charge in [-0.2, -0.15) is 5.26 Å². The summed E-state index contributed by atoms with van der Waals surface area (Å²) in [5.74, 6) is 1.01. The minimum atomic E-state index is -0.357. The van der Waals surface area contributed by atoms with Gasteiger partial charge in [0, 0.05) is 26.3 Å². The molecule has 4 heteroatoms. The Morgan fingerprint density at radius 3 is 2.74 bits per heavy atom. The third kappa shape index (κ3) is 2.55. The van der Waals surface area contributed by atoms with Crippen LogP contribution in [0.4, 0.5) is 5.69 Å². The Bertz CT molecular complexity index is 646. The van der Waals surface area contributed by atoms with Crippen LogP contribution >= 0.6 is 0 Å². The molecule has 1 heterocycles. The van der Waals surface area contributed by atoms with Gasteiger partial charge in [0.1, 0.15) is 5.82 Å². The number of fused-ring (bicyclic) bond motifs is 1. The monoisotopic (exact) mass is 256 g/mol. The van der Waals surface area contributed by atoms with E-state index in [-0.39, 0.29) is 5.41 Å². The average molecular weight is 256 g/mol. The number of anilines is 1. The van der Waals surface area contributed by atoms with Gasteiger partial charge >= 0.3 is 0 Å². The molecule has 0 amide bonds. The maximum atomic E-state index is 9.11. The summed E-state index contributed by atoms with van der Waals surface area (Å²) in [5, 5.41) is 9.11. The van der Waals surface area contributed by atoms with Crippen molar-refractivity contribution in [2.45, 2.75) is 20.8 Å². The van der Waals surface area contributed by atoms with E-state index in [1.54, 1.807) is 0 Å². The molecule has 0 spiro atoms. The number of benzene rings is 1. The van der Waals surface area contributed by atoms with Crippen LogP contribution < -0.4 is 4.90 Å². The molecule has 0 bridgehead atoms. The molecule has 0 radical (unpaired) electrons. The lowest BCUT2D eigenvalue weighted by molar-refractivity contribution is 0.497. The van der Waals surface area contributed by atoms with Gasteiger partial charge in [-0.15, -0.1) is 0 Å². The lowest BCUT2D eigenvalue weighted by atomic mass is 9.95. The topological polar surface area (TPSA) is 44.9 Å². The summed E-state index contributed by atoms with van der Waals surface area (Å²) in [6.07, 6.45) is 0. The Hall–Kier alpha value is -2.02. The Labute approximate surface area is 114 Å². The molecular formula is C15H20N4. The zero-order chi connectivity index (χ0) is 14.2. The highest BCUT2D eigenvalue weighted by molar-refractivity contribution is 5.80. The van der Waals surface area contributed by atoms with E-state index in [4.69, 9.17) is 5.26 Å². The first-order chi connectivity index (χ1) is 8.84. The summed E-state index contributed by atoms with van der Waals surface area (Å²) in [6.45, 7) is 6.60. The first-order valence-corrected chi connectivity index (χ1v) is 6.39. The van der Waals surface area contributed by atoms with Crippen molar-refractivity contribution in [3.8, 4) is 6.07 Å². The van der Waals surface area contributed by atoms with E-state index in [1.165, 1.54) is 0 Å². The average Bonchev–Trinajstić information content (AvgIpc) is 2.64. The largest absolute Gasteiger partial charge is 0.373 e.